The molecule has 0 heterocycles. The number of likely N-dealkylation sites (N-methyl/N-ethyl adjacent to an activating group) is 1. The monoisotopic (exact) mass is 291 g/mol. The Labute approximate surface area is 128 Å². The van der Waals surface area contributed by atoms with Crippen molar-refractivity contribution in [1.29, 1.82) is 0 Å². The fourth-order valence-corrected chi connectivity index (χ4v) is 4.91. The Hall–Kier alpha value is -0.530. The third-order valence-electron chi connectivity index (χ3n) is 5.56. The van der Waals surface area contributed by atoms with Crippen LogP contribution >= 0.6 is 11.6 Å². The smallest absolute Gasteiger partial charge is 0.0406 e. The van der Waals surface area contributed by atoms with E-state index in [1.807, 2.05) is 12.1 Å². The maximum atomic E-state index is 6.05. The Morgan fingerprint density at radius 2 is 1.60 bits per heavy atom. The summed E-state index contributed by atoms with van der Waals surface area (Å²) in [4.78, 5) is 0. The molecule has 0 bridgehead atoms. The van der Waals surface area contributed by atoms with Crippen LogP contribution in [-0.2, 0) is 5.41 Å². The van der Waals surface area contributed by atoms with Crippen LogP contribution < -0.4 is 5.32 Å². The highest BCUT2D eigenvalue weighted by molar-refractivity contribution is 6.30. The molecule has 0 saturated heterocycles. The van der Waals surface area contributed by atoms with Crippen LogP contribution in [0.4, 0.5) is 0 Å². The van der Waals surface area contributed by atoms with E-state index in [0.717, 1.165) is 11.6 Å². The number of hydrogen-bond acceptors (Lipinski definition) is 1. The van der Waals surface area contributed by atoms with E-state index in [2.05, 4.69) is 24.5 Å². The van der Waals surface area contributed by atoms with Gasteiger partial charge in [-0.25, -0.2) is 0 Å². The SMILES string of the molecule is CNCC1(c2ccc(Cl)cc2)CC2(CCCCCC2)C1. The van der Waals surface area contributed by atoms with Gasteiger partial charge in [-0.15, -0.1) is 0 Å². The zero-order valence-corrected chi connectivity index (χ0v) is 13.3. The molecule has 2 aliphatic carbocycles. The van der Waals surface area contributed by atoms with Gasteiger partial charge in [-0.2, -0.15) is 0 Å². The molecule has 20 heavy (non-hydrogen) atoms. The molecule has 1 N–H and O–H groups in total. The third kappa shape index (κ3) is 2.63. The zero-order chi connectivity index (χ0) is 14.1. The van der Waals surface area contributed by atoms with Crippen LogP contribution in [0.3, 0.4) is 0 Å². The Kier molecular flexibility index (Phi) is 4.10. The molecule has 0 unspecified atom stereocenters. The van der Waals surface area contributed by atoms with Gasteiger partial charge in [0.05, 0.1) is 0 Å². The molecule has 2 saturated carbocycles. The second-order valence-electron chi connectivity index (χ2n) is 7.09. The lowest BCUT2D eigenvalue weighted by Gasteiger charge is -2.57. The molecule has 1 spiro atoms. The summed E-state index contributed by atoms with van der Waals surface area (Å²) in [5, 5.41) is 4.27. The minimum absolute atomic E-state index is 0.351. The van der Waals surface area contributed by atoms with Gasteiger partial charge in [0.1, 0.15) is 0 Å². The van der Waals surface area contributed by atoms with E-state index in [9.17, 15) is 0 Å². The molecular formula is C18H26ClN. The predicted octanol–water partition coefficient (Wildman–Crippen LogP) is 4.93. The van der Waals surface area contributed by atoms with Crippen molar-refractivity contribution in [1.82, 2.24) is 5.32 Å². The first-order chi connectivity index (χ1) is 9.68. The average molecular weight is 292 g/mol. The quantitative estimate of drug-likeness (QED) is 0.832. The van der Waals surface area contributed by atoms with Gasteiger partial charge in [-0.1, -0.05) is 49.4 Å². The first-order valence-electron chi connectivity index (χ1n) is 8.09. The Morgan fingerprint density at radius 1 is 1.00 bits per heavy atom. The average Bonchev–Trinajstić information content (AvgIpc) is 2.65. The molecule has 0 amide bonds. The minimum atomic E-state index is 0.351. The zero-order valence-electron chi connectivity index (χ0n) is 12.6. The van der Waals surface area contributed by atoms with E-state index in [1.54, 1.807) is 0 Å². The highest BCUT2D eigenvalue weighted by atomic mass is 35.5. The van der Waals surface area contributed by atoms with E-state index < -0.39 is 0 Å². The van der Waals surface area contributed by atoms with Crippen molar-refractivity contribution < 1.29 is 0 Å². The van der Waals surface area contributed by atoms with Crippen LogP contribution in [0.2, 0.25) is 5.02 Å². The van der Waals surface area contributed by atoms with Crippen molar-refractivity contribution in [2.75, 3.05) is 13.6 Å². The molecule has 1 aromatic rings. The number of halogens is 1. The molecule has 3 rings (SSSR count). The maximum Gasteiger partial charge on any atom is 0.0406 e. The molecule has 110 valence electrons. The van der Waals surface area contributed by atoms with E-state index in [4.69, 9.17) is 11.6 Å². The highest BCUT2D eigenvalue weighted by Crippen LogP contribution is 2.61. The number of benzene rings is 1. The topological polar surface area (TPSA) is 12.0 Å². The molecule has 0 atom stereocenters. The van der Waals surface area contributed by atoms with Crippen molar-refractivity contribution in [3.05, 3.63) is 34.9 Å². The lowest BCUT2D eigenvalue weighted by molar-refractivity contribution is 0.00721. The summed E-state index contributed by atoms with van der Waals surface area (Å²) in [6.45, 7) is 1.09. The molecule has 2 fully saturated rings. The molecule has 2 aliphatic rings. The largest absolute Gasteiger partial charge is 0.319 e. The predicted molar refractivity (Wildman–Crippen MR) is 86.4 cm³/mol. The van der Waals surface area contributed by atoms with Crippen LogP contribution in [0.1, 0.15) is 56.9 Å². The van der Waals surface area contributed by atoms with Gasteiger partial charge in [0.25, 0.3) is 0 Å². The van der Waals surface area contributed by atoms with E-state index in [-0.39, 0.29) is 0 Å². The van der Waals surface area contributed by atoms with Crippen molar-refractivity contribution in [3.8, 4) is 0 Å². The van der Waals surface area contributed by atoms with E-state index in [0.29, 0.717) is 10.8 Å². The molecule has 0 aromatic heterocycles. The van der Waals surface area contributed by atoms with Gasteiger partial charge in [-0.05, 0) is 55.8 Å². The number of rotatable bonds is 3. The third-order valence-corrected chi connectivity index (χ3v) is 5.81. The molecule has 2 heteroatoms. The maximum absolute atomic E-state index is 6.05. The minimum Gasteiger partial charge on any atom is -0.319 e. The molecule has 1 aromatic carbocycles. The number of hydrogen-bond donors (Lipinski definition) is 1. The van der Waals surface area contributed by atoms with Crippen molar-refractivity contribution >= 4 is 11.6 Å². The normalized spacial score (nSPS) is 24.1. The molecular weight excluding hydrogens is 266 g/mol. The van der Waals surface area contributed by atoms with Gasteiger partial charge in [0, 0.05) is 17.0 Å². The van der Waals surface area contributed by atoms with Gasteiger partial charge in [0.2, 0.25) is 0 Å². The van der Waals surface area contributed by atoms with Gasteiger partial charge in [-0.3, -0.25) is 0 Å². The standard InChI is InChI=1S/C18H26ClN/c1-20-14-18(15-6-8-16(19)9-7-15)12-17(13-18)10-4-2-3-5-11-17/h6-9,20H,2-5,10-14H2,1H3. The Bertz CT molecular complexity index is 435. The second-order valence-corrected chi connectivity index (χ2v) is 7.52. The van der Waals surface area contributed by atoms with E-state index >= 15 is 0 Å². The summed E-state index contributed by atoms with van der Waals surface area (Å²) in [6.07, 6.45) is 11.4. The lowest BCUT2D eigenvalue weighted by atomic mass is 9.48. The Balaban J connectivity index is 1.79. The van der Waals surface area contributed by atoms with Crippen LogP contribution in [0.15, 0.2) is 24.3 Å². The molecule has 0 radical (unpaired) electrons. The van der Waals surface area contributed by atoms with Crippen LogP contribution in [0, 0.1) is 5.41 Å². The van der Waals surface area contributed by atoms with Gasteiger partial charge >= 0.3 is 0 Å². The van der Waals surface area contributed by atoms with E-state index in [1.165, 1.54) is 56.9 Å². The van der Waals surface area contributed by atoms with Crippen molar-refractivity contribution in [3.63, 3.8) is 0 Å². The first-order valence-corrected chi connectivity index (χ1v) is 8.47. The summed E-state index contributed by atoms with van der Waals surface area (Å²) < 4.78 is 0. The fraction of sp³-hybridized carbons (Fsp3) is 0.667. The lowest BCUT2D eigenvalue weighted by Crippen LogP contribution is -2.54. The van der Waals surface area contributed by atoms with Gasteiger partial charge < -0.3 is 5.32 Å². The Morgan fingerprint density at radius 3 is 2.15 bits per heavy atom. The van der Waals surface area contributed by atoms with Crippen molar-refractivity contribution in [2.24, 2.45) is 5.41 Å². The second kappa shape index (κ2) is 5.69. The molecule has 0 aliphatic heterocycles. The molecule has 1 nitrogen and oxygen atoms in total. The summed E-state index contributed by atoms with van der Waals surface area (Å²) in [5.41, 5.74) is 2.47. The van der Waals surface area contributed by atoms with Gasteiger partial charge in [0.15, 0.2) is 0 Å². The van der Waals surface area contributed by atoms with Crippen LogP contribution in [0.5, 0.6) is 0 Å². The fourth-order valence-electron chi connectivity index (χ4n) is 4.79. The van der Waals surface area contributed by atoms with Crippen LogP contribution in [-0.4, -0.2) is 13.6 Å². The van der Waals surface area contributed by atoms with Crippen molar-refractivity contribution in [2.45, 2.75) is 56.8 Å². The summed E-state index contributed by atoms with van der Waals surface area (Å²) >= 11 is 6.05. The summed E-state index contributed by atoms with van der Waals surface area (Å²) in [5.74, 6) is 0. The summed E-state index contributed by atoms with van der Waals surface area (Å²) in [6, 6.07) is 8.57. The number of nitrogens with one attached hydrogen (secondary N) is 1. The highest BCUT2D eigenvalue weighted by Gasteiger charge is 2.53. The van der Waals surface area contributed by atoms with Crippen LogP contribution in [0.25, 0.3) is 0 Å². The first kappa shape index (κ1) is 14.4. The summed E-state index contributed by atoms with van der Waals surface area (Å²) in [7, 11) is 2.08.